The van der Waals surface area contributed by atoms with Gasteiger partial charge >= 0.3 is 5.97 Å². The number of aliphatic carboxylic acids is 1. The van der Waals surface area contributed by atoms with Gasteiger partial charge in [-0.15, -0.1) is 6.42 Å². The third-order valence-corrected chi connectivity index (χ3v) is 5.66. The molecule has 1 aromatic rings. The molecular formula is C14H14ClNO4S. The first-order valence-electron chi connectivity index (χ1n) is 6.38. The highest BCUT2D eigenvalue weighted by atomic mass is 35.5. The van der Waals surface area contributed by atoms with Crippen molar-refractivity contribution in [3.63, 3.8) is 0 Å². The fraction of sp³-hybridized carbons (Fsp3) is 0.357. The summed E-state index contributed by atoms with van der Waals surface area (Å²) in [5.41, 5.74) is 0.393. The van der Waals surface area contributed by atoms with Crippen LogP contribution in [-0.4, -0.2) is 36.4 Å². The van der Waals surface area contributed by atoms with E-state index in [1.54, 1.807) is 0 Å². The Morgan fingerprint density at radius 1 is 1.43 bits per heavy atom. The molecule has 0 unspecified atom stereocenters. The SMILES string of the molecule is C#Cc1ccc(S(=O)(=O)N2CCCC[C@H]2C(=O)O)cc1Cl. The molecule has 0 aliphatic carbocycles. The van der Waals surface area contributed by atoms with E-state index in [0.717, 1.165) is 4.31 Å². The lowest BCUT2D eigenvalue weighted by atomic mass is 10.1. The average Bonchev–Trinajstić information content (AvgIpc) is 2.47. The van der Waals surface area contributed by atoms with E-state index in [1.807, 2.05) is 0 Å². The second kappa shape index (κ2) is 6.06. The predicted molar refractivity (Wildman–Crippen MR) is 78.6 cm³/mol. The third kappa shape index (κ3) is 3.05. The molecule has 21 heavy (non-hydrogen) atoms. The molecule has 1 atom stereocenters. The molecule has 1 aliphatic rings. The van der Waals surface area contributed by atoms with Gasteiger partial charge in [0.15, 0.2) is 0 Å². The molecule has 0 amide bonds. The maximum absolute atomic E-state index is 12.6. The summed E-state index contributed by atoms with van der Waals surface area (Å²) in [6, 6.07) is 3.02. The number of carboxylic acid groups (broad SMARTS) is 1. The number of benzene rings is 1. The summed E-state index contributed by atoms with van der Waals surface area (Å²) in [6.07, 6.45) is 6.88. The Morgan fingerprint density at radius 2 is 2.14 bits per heavy atom. The highest BCUT2D eigenvalue weighted by Gasteiger charge is 2.37. The smallest absolute Gasteiger partial charge is 0.322 e. The van der Waals surface area contributed by atoms with E-state index in [2.05, 4.69) is 5.92 Å². The fourth-order valence-corrected chi connectivity index (χ4v) is 4.33. The van der Waals surface area contributed by atoms with Crippen LogP contribution in [0.1, 0.15) is 24.8 Å². The normalized spacial score (nSPS) is 19.9. The van der Waals surface area contributed by atoms with Crippen LogP contribution in [-0.2, 0) is 14.8 Å². The molecule has 1 fully saturated rings. The van der Waals surface area contributed by atoms with E-state index in [-0.39, 0.29) is 16.5 Å². The topological polar surface area (TPSA) is 74.7 Å². The van der Waals surface area contributed by atoms with E-state index >= 15 is 0 Å². The molecular weight excluding hydrogens is 314 g/mol. The van der Waals surface area contributed by atoms with Gasteiger partial charge in [0.2, 0.25) is 10.0 Å². The van der Waals surface area contributed by atoms with Gasteiger partial charge in [-0.3, -0.25) is 4.79 Å². The number of rotatable bonds is 3. The summed E-state index contributed by atoms with van der Waals surface area (Å²) in [5, 5.41) is 9.35. The first-order valence-corrected chi connectivity index (χ1v) is 8.20. The zero-order chi connectivity index (χ0) is 15.6. The van der Waals surface area contributed by atoms with E-state index in [0.29, 0.717) is 24.8 Å². The maximum Gasteiger partial charge on any atom is 0.322 e. The summed E-state index contributed by atoms with van der Waals surface area (Å²) in [6.45, 7) is 0.188. The van der Waals surface area contributed by atoms with Crippen LogP contribution in [0.3, 0.4) is 0 Å². The van der Waals surface area contributed by atoms with Crippen LogP contribution >= 0.6 is 11.6 Å². The zero-order valence-electron chi connectivity index (χ0n) is 11.1. The number of sulfonamides is 1. The molecule has 0 radical (unpaired) electrons. The van der Waals surface area contributed by atoms with Gasteiger partial charge in [0, 0.05) is 12.1 Å². The molecule has 1 heterocycles. The molecule has 1 N–H and O–H groups in total. The Hall–Kier alpha value is -1.55. The molecule has 1 aromatic carbocycles. The number of terminal acetylenes is 1. The molecule has 2 rings (SSSR count). The van der Waals surface area contributed by atoms with Gasteiger partial charge in [0.1, 0.15) is 6.04 Å². The van der Waals surface area contributed by atoms with E-state index in [9.17, 15) is 18.3 Å². The van der Waals surface area contributed by atoms with Crippen molar-refractivity contribution >= 4 is 27.6 Å². The Bertz CT molecular complexity index is 708. The van der Waals surface area contributed by atoms with E-state index in [1.165, 1.54) is 18.2 Å². The Morgan fingerprint density at radius 3 is 2.71 bits per heavy atom. The van der Waals surface area contributed by atoms with Gasteiger partial charge in [-0.05, 0) is 37.5 Å². The molecule has 0 spiro atoms. The molecule has 1 aliphatic heterocycles. The van der Waals surface area contributed by atoms with E-state index in [4.69, 9.17) is 18.0 Å². The largest absolute Gasteiger partial charge is 0.480 e. The fourth-order valence-electron chi connectivity index (χ4n) is 2.35. The van der Waals surface area contributed by atoms with Crippen LogP contribution in [0, 0.1) is 12.3 Å². The molecule has 0 aromatic heterocycles. The summed E-state index contributed by atoms with van der Waals surface area (Å²) in [5.74, 6) is 1.21. The van der Waals surface area contributed by atoms with Gasteiger partial charge in [0.25, 0.3) is 0 Å². The van der Waals surface area contributed by atoms with Crippen molar-refractivity contribution in [1.29, 1.82) is 0 Å². The number of hydrogen-bond acceptors (Lipinski definition) is 3. The van der Waals surface area contributed by atoms with Crippen LogP contribution in [0.25, 0.3) is 0 Å². The zero-order valence-corrected chi connectivity index (χ0v) is 12.7. The monoisotopic (exact) mass is 327 g/mol. The van der Waals surface area contributed by atoms with Crippen LogP contribution in [0.15, 0.2) is 23.1 Å². The molecule has 5 nitrogen and oxygen atoms in total. The predicted octanol–water partition coefficient (Wildman–Crippen LogP) is 1.95. The highest BCUT2D eigenvalue weighted by molar-refractivity contribution is 7.89. The summed E-state index contributed by atoms with van der Waals surface area (Å²) < 4.78 is 26.2. The van der Waals surface area contributed by atoms with Crippen LogP contribution in [0.5, 0.6) is 0 Å². The van der Waals surface area contributed by atoms with Crippen molar-refractivity contribution in [2.75, 3.05) is 6.54 Å². The molecule has 1 saturated heterocycles. The Labute approximate surface area is 128 Å². The minimum absolute atomic E-state index is 0.0420. The quantitative estimate of drug-likeness (QED) is 0.861. The van der Waals surface area contributed by atoms with Crippen LogP contribution in [0.4, 0.5) is 0 Å². The number of carboxylic acids is 1. The van der Waals surface area contributed by atoms with Crippen molar-refractivity contribution in [2.45, 2.75) is 30.2 Å². The lowest BCUT2D eigenvalue weighted by Gasteiger charge is -2.31. The first-order chi connectivity index (χ1) is 9.87. The lowest BCUT2D eigenvalue weighted by Crippen LogP contribution is -2.47. The van der Waals surface area contributed by atoms with Crippen molar-refractivity contribution in [1.82, 2.24) is 4.31 Å². The van der Waals surface area contributed by atoms with Gasteiger partial charge < -0.3 is 5.11 Å². The number of carbonyl (C=O) groups is 1. The van der Waals surface area contributed by atoms with Gasteiger partial charge in [-0.2, -0.15) is 4.31 Å². The lowest BCUT2D eigenvalue weighted by molar-refractivity contribution is -0.142. The van der Waals surface area contributed by atoms with Crippen LogP contribution < -0.4 is 0 Å². The van der Waals surface area contributed by atoms with Crippen LogP contribution in [0.2, 0.25) is 5.02 Å². The van der Waals surface area contributed by atoms with Crippen molar-refractivity contribution in [3.8, 4) is 12.3 Å². The Balaban J connectivity index is 2.43. The average molecular weight is 328 g/mol. The number of halogens is 1. The maximum atomic E-state index is 12.6. The number of nitrogens with zero attached hydrogens (tertiary/aromatic N) is 1. The summed E-state index contributed by atoms with van der Waals surface area (Å²) in [4.78, 5) is 11.2. The first kappa shape index (κ1) is 15.8. The molecule has 112 valence electrons. The van der Waals surface area contributed by atoms with Gasteiger partial charge in [-0.1, -0.05) is 17.5 Å². The Kier molecular flexibility index (Phi) is 4.57. The van der Waals surface area contributed by atoms with Crippen molar-refractivity contribution < 1.29 is 18.3 Å². The summed E-state index contributed by atoms with van der Waals surface area (Å²) in [7, 11) is -3.90. The van der Waals surface area contributed by atoms with E-state index < -0.39 is 22.0 Å². The van der Waals surface area contributed by atoms with Gasteiger partial charge in [-0.25, -0.2) is 8.42 Å². The highest BCUT2D eigenvalue weighted by Crippen LogP contribution is 2.28. The second-order valence-electron chi connectivity index (χ2n) is 4.75. The van der Waals surface area contributed by atoms with Gasteiger partial charge in [0.05, 0.1) is 9.92 Å². The number of hydrogen-bond donors (Lipinski definition) is 1. The molecule has 0 bridgehead atoms. The second-order valence-corrected chi connectivity index (χ2v) is 7.05. The van der Waals surface area contributed by atoms with Crippen molar-refractivity contribution in [2.24, 2.45) is 0 Å². The minimum atomic E-state index is -3.90. The standard InChI is InChI=1S/C14H14ClNO4S/c1-2-10-6-7-11(9-12(10)15)21(19,20)16-8-4-3-5-13(16)14(17)18/h1,6-7,9,13H,3-5,8H2,(H,17,18)/t13-/m0/s1. The van der Waals surface area contributed by atoms with Crippen molar-refractivity contribution in [3.05, 3.63) is 28.8 Å². The minimum Gasteiger partial charge on any atom is -0.480 e. The third-order valence-electron chi connectivity index (χ3n) is 3.44. The molecule has 0 saturated carbocycles. The number of piperidine rings is 1. The summed E-state index contributed by atoms with van der Waals surface area (Å²) >= 11 is 5.93. The molecule has 7 heteroatoms.